The summed E-state index contributed by atoms with van der Waals surface area (Å²) in [6.45, 7) is 4.15. The fraction of sp³-hybridized carbons (Fsp3) is 0.400. The molecule has 0 aromatic heterocycles. The molecular weight excluding hydrogens is 240 g/mol. The second-order valence-corrected chi connectivity index (χ2v) is 4.87. The maximum absolute atomic E-state index is 11.2. The topological polar surface area (TPSA) is 55.6 Å². The van der Waals surface area contributed by atoms with Gasteiger partial charge >= 0.3 is 0 Å². The number of morpholine rings is 1. The minimum atomic E-state index is -0.492. The van der Waals surface area contributed by atoms with Crippen molar-refractivity contribution in [2.24, 2.45) is 5.73 Å². The summed E-state index contributed by atoms with van der Waals surface area (Å²) >= 11 is 0. The number of hydrogen-bond acceptors (Lipinski definition) is 3. The quantitative estimate of drug-likeness (QED) is 0.887. The number of carbonyl (C=O) groups is 1. The Balaban J connectivity index is 1.88. The van der Waals surface area contributed by atoms with Crippen LogP contribution in [-0.4, -0.2) is 42.6 Å². The van der Waals surface area contributed by atoms with Crippen LogP contribution in [0.3, 0.4) is 0 Å². The number of nitrogens with zero attached hydrogens (tertiary/aromatic N) is 1. The van der Waals surface area contributed by atoms with Crippen LogP contribution in [0.5, 0.6) is 0 Å². The van der Waals surface area contributed by atoms with Crippen molar-refractivity contribution in [1.29, 1.82) is 0 Å². The number of carbonyl (C=O) groups excluding carboxylic acids is 1. The summed E-state index contributed by atoms with van der Waals surface area (Å²) in [4.78, 5) is 13.4. The van der Waals surface area contributed by atoms with Gasteiger partial charge in [0, 0.05) is 19.6 Å². The number of nitrogens with two attached hydrogens (primary N) is 1. The lowest BCUT2D eigenvalue weighted by molar-refractivity contribution is -0.141. The molecule has 4 heteroatoms. The second kappa shape index (κ2) is 6.50. The molecule has 0 bridgehead atoms. The van der Waals surface area contributed by atoms with E-state index in [1.165, 1.54) is 5.56 Å². The minimum Gasteiger partial charge on any atom is -0.367 e. The summed E-state index contributed by atoms with van der Waals surface area (Å²) in [5, 5.41) is 0. The number of amides is 1. The molecule has 1 aliphatic heterocycles. The molecule has 1 aliphatic rings. The van der Waals surface area contributed by atoms with Gasteiger partial charge in [-0.1, -0.05) is 42.5 Å². The first-order valence-electron chi connectivity index (χ1n) is 6.54. The van der Waals surface area contributed by atoms with Crippen LogP contribution in [0.4, 0.5) is 0 Å². The van der Waals surface area contributed by atoms with Crippen LogP contribution in [0.1, 0.15) is 12.5 Å². The molecule has 1 fully saturated rings. The van der Waals surface area contributed by atoms with E-state index >= 15 is 0 Å². The summed E-state index contributed by atoms with van der Waals surface area (Å²) in [5.74, 6) is -0.386. The molecule has 1 amide bonds. The van der Waals surface area contributed by atoms with Gasteiger partial charge in [0.25, 0.3) is 0 Å². The number of primary amides is 1. The monoisotopic (exact) mass is 260 g/mol. The van der Waals surface area contributed by atoms with E-state index < -0.39 is 6.10 Å². The van der Waals surface area contributed by atoms with Crippen LogP contribution in [0.25, 0.3) is 6.08 Å². The minimum absolute atomic E-state index is 0.0383. The summed E-state index contributed by atoms with van der Waals surface area (Å²) < 4.78 is 5.50. The van der Waals surface area contributed by atoms with Gasteiger partial charge in [-0.25, -0.2) is 0 Å². The molecule has 0 spiro atoms. The molecule has 1 saturated heterocycles. The zero-order valence-corrected chi connectivity index (χ0v) is 11.2. The predicted molar refractivity (Wildman–Crippen MR) is 75.4 cm³/mol. The Morgan fingerprint density at radius 3 is 2.84 bits per heavy atom. The van der Waals surface area contributed by atoms with E-state index in [2.05, 4.69) is 29.2 Å². The van der Waals surface area contributed by atoms with Crippen molar-refractivity contribution in [3.8, 4) is 0 Å². The molecule has 1 aromatic rings. The van der Waals surface area contributed by atoms with Crippen LogP contribution in [0, 0.1) is 0 Å². The SMILES string of the molecule is C[C@@H]1CN(CC=Cc2ccccc2)CC(C(N)=O)O1. The average Bonchev–Trinajstić information content (AvgIpc) is 2.39. The number of ether oxygens (including phenoxy) is 1. The largest absolute Gasteiger partial charge is 0.367 e. The molecule has 19 heavy (non-hydrogen) atoms. The normalized spacial score (nSPS) is 24.7. The van der Waals surface area contributed by atoms with Gasteiger partial charge in [-0.2, -0.15) is 0 Å². The van der Waals surface area contributed by atoms with E-state index in [0.717, 1.165) is 13.1 Å². The average molecular weight is 260 g/mol. The highest BCUT2D eigenvalue weighted by Gasteiger charge is 2.27. The molecule has 2 rings (SSSR count). The van der Waals surface area contributed by atoms with Gasteiger partial charge in [-0.3, -0.25) is 9.69 Å². The lowest BCUT2D eigenvalue weighted by Crippen LogP contribution is -2.51. The van der Waals surface area contributed by atoms with Gasteiger partial charge in [0.15, 0.2) is 0 Å². The molecule has 0 radical (unpaired) electrons. The third-order valence-corrected chi connectivity index (χ3v) is 3.13. The molecular formula is C15H20N2O2. The van der Waals surface area contributed by atoms with E-state index in [0.29, 0.717) is 6.54 Å². The smallest absolute Gasteiger partial charge is 0.247 e. The zero-order valence-electron chi connectivity index (χ0n) is 11.2. The van der Waals surface area contributed by atoms with Gasteiger partial charge in [0.2, 0.25) is 5.91 Å². The van der Waals surface area contributed by atoms with Gasteiger partial charge < -0.3 is 10.5 Å². The molecule has 0 saturated carbocycles. The first-order chi connectivity index (χ1) is 9.15. The van der Waals surface area contributed by atoms with Crippen LogP contribution in [-0.2, 0) is 9.53 Å². The van der Waals surface area contributed by atoms with Crippen molar-refractivity contribution in [3.05, 3.63) is 42.0 Å². The van der Waals surface area contributed by atoms with E-state index in [1.807, 2.05) is 25.1 Å². The van der Waals surface area contributed by atoms with Crippen LogP contribution in [0.15, 0.2) is 36.4 Å². The van der Waals surface area contributed by atoms with Crippen molar-refractivity contribution in [2.45, 2.75) is 19.1 Å². The van der Waals surface area contributed by atoms with Crippen molar-refractivity contribution >= 4 is 12.0 Å². The van der Waals surface area contributed by atoms with Gasteiger partial charge in [0.05, 0.1) is 6.10 Å². The van der Waals surface area contributed by atoms with Gasteiger partial charge in [-0.15, -0.1) is 0 Å². The summed E-state index contributed by atoms with van der Waals surface area (Å²) in [6, 6.07) is 10.1. The van der Waals surface area contributed by atoms with Gasteiger partial charge in [0.1, 0.15) is 6.10 Å². The summed E-state index contributed by atoms with van der Waals surface area (Å²) in [5.41, 5.74) is 6.48. The molecule has 2 N–H and O–H groups in total. The van der Waals surface area contributed by atoms with E-state index in [-0.39, 0.29) is 12.0 Å². The van der Waals surface area contributed by atoms with Crippen molar-refractivity contribution in [3.63, 3.8) is 0 Å². The van der Waals surface area contributed by atoms with Crippen LogP contribution < -0.4 is 5.73 Å². The molecule has 1 aromatic carbocycles. The number of benzene rings is 1. The Morgan fingerprint density at radius 1 is 1.42 bits per heavy atom. The molecule has 102 valence electrons. The standard InChI is InChI=1S/C15H20N2O2/c1-12-10-17(11-14(19-12)15(16)18)9-5-8-13-6-3-2-4-7-13/h2-8,12,14H,9-11H2,1H3,(H2,16,18)/t12-,14?/m1/s1. The third kappa shape index (κ3) is 4.19. The Labute approximate surface area is 113 Å². The lowest BCUT2D eigenvalue weighted by atomic mass is 10.2. The Bertz CT molecular complexity index is 445. The van der Waals surface area contributed by atoms with E-state index in [9.17, 15) is 4.79 Å². The fourth-order valence-corrected chi connectivity index (χ4v) is 2.25. The lowest BCUT2D eigenvalue weighted by Gasteiger charge is -2.34. The molecule has 1 heterocycles. The van der Waals surface area contributed by atoms with Crippen molar-refractivity contribution < 1.29 is 9.53 Å². The first-order valence-corrected chi connectivity index (χ1v) is 6.54. The maximum Gasteiger partial charge on any atom is 0.247 e. The van der Waals surface area contributed by atoms with E-state index in [4.69, 9.17) is 10.5 Å². The summed E-state index contributed by atoms with van der Waals surface area (Å²) in [7, 11) is 0. The first kappa shape index (κ1) is 13.8. The van der Waals surface area contributed by atoms with Crippen LogP contribution in [0.2, 0.25) is 0 Å². The fourth-order valence-electron chi connectivity index (χ4n) is 2.25. The van der Waals surface area contributed by atoms with E-state index in [1.54, 1.807) is 0 Å². The molecule has 1 unspecified atom stereocenters. The molecule has 2 atom stereocenters. The highest BCUT2D eigenvalue weighted by Crippen LogP contribution is 2.11. The number of hydrogen-bond donors (Lipinski definition) is 1. The Kier molecular flexibility index (Phi) is 4.71. The van der Waals surface area contributed by atoms with Crippen LogP contribution >= 0.6 is 0 Å². The third-order valence-electron chi connectivity index (χ3n) is 3.13. The van der Waals surface area contributed by atoms with Gasteiger partial charge in [-0.05, 0) is 12.5 Å². The molecule has 0 aliphatic carbocycles. The molecule has 4 nitrogen and oxygen atoms in total. The van der Waals surface area contributed by atoms with Crippen molar-refractivity contribution in [2.75, 3.05) is 19.6 Å². The Morgan fingerprint density at radius 2 is 2.16 bits per heavy atom. The predicted octanol–water partition coefficient (Wildman–Crippen LogP) is 1.27. The zero-order chi connectivity index (χ0) is 13.7. The summed E-state index contributed by atoms with van der Waals surface area (Å²) in [6.07, 6.45) is 3.73. The van der Waals surface area contributed by atoms with Crippen molar-refractivity contribution in [1.82, 2.24) is 4.90 Å². The maximum atomic E-state index is 11.2. The highest BCUT2D eigenvalue weighted by atomic mass is 16.5. The Hall–Kier alpha value is -1.65. The number of rotatable bonds is 4. The highest BCUT2D eigenvalue weighted by molar-refractivity contribution is 5.79. The second-order valence-electron chi connectivity index (χ2n) is 4.87.